The average molecular weight is 491 g/mol. The van der Waals surface area contributed by atoms with E-state index in [1.54, 1.807) is 14.2 Å². The van der Waals surface area contributed by atoms with Crippen molar-refractivity contribution < 1.29 is 14.3 Å². The fourth-order valence-electron chi connectivity index (χ4n) is 5.78. The number of hydrogen-bond donors (Lipinski definition) is 1. The maximum Gasteiger partial charge on any atom is 0.251 e. The summed E-state index contributed by atoms with van der Waals surface area (Å²) in [5.41, 5.74) is 5.10. The van der Waals surface area contributed by atoms with Crippen molar-refractivity contribution in [3.8, 4) is 11.5 Å². The van der Waals surface area contributed by atoms with Crippen LogP contribution in [0.1, 0.15) is 58.6 Å². The van der Waals surface area contributed by atoms with E-state index in [0.29, 0.717) is 18.0 Å². The van der Waals surface area contributed by atoms with Gasteiger partial charge in [-0.2, -0.15) is 0 Å². The Labute approximate surface area is 214 Å². The first-order chi connectivity index (χ1) is 17.6. The van der Waals surface area contributed by atoms with Crippen molar-refractivity contribution in [3.63, 3.8) is 0 Å². The van der Waals surface area contributed by atoms with Crippen molar-refractivity contribution in [1.29, 1.82) is 0 Å². The molecule has 0 spiro atoms. The second-order valence-electron chi connectivity index (χ2n) is 10.2. The fourth-order valence-corrected chi connectivity index (χ4v) is 5.78. The topological polar surface area (TPSA) is 66.4 Å². The Morgan fingerprint density at radius 2 is 1.69 bits per heavy atom. The first kappa shape index (κ1) is 24.8. The van der Waals surface area contributed by atoms with E-state index in [4.69, 9.17) is 14.5 Å². The zero-order valence-corrected chi connectivity index (χ0v) is 21.8. The molecule has 2 atom stereocenters. The highest BCUT2D eigenvalue weighted by Gasteiger charge is 2.34. The maximum atomic E-state index is 12.8. The third-order valence-corrected chi connectivity index (χ3v) is 7.96. The van der Waals surface area contributed by atoms with E-state index < -0.39 is 0 Å². The summed E-state index contributed by atoms with van der Waals surface area (Å²) >= 11 is 0. The van der Waals surface area contributed by atoms with E-state index >= 15 is 0 Å². The van der Waals surface area contributed by atoms with E-state index in [0.717, 1.165) is 73.9 Å². The molecule has 0 bridgehead atoms. The summed E-state index contributed by atoms with van der Waals surface area (Å²) in [6.45, 7) is 5.84. The van der Waals surface area contributed by atoms with Gasteiger partial charge in [0.15, 0.2) is 11.5 Å². The first-order valence-corrected chi connectivity index (χ1v) is 13.2. The van der Waals surface area contributed by atoms with Gasteiger partial charge in [0.05, 0.1) is 26.0 Å². The van der Waals surface area contributed by atoms with Crippen LogP contribution in [0.3, 0.4) is 0 Å². The zero-order valence-electron chi connectivity index (χ0n) is 21.8. The standard InChI is InChI=1S/C29H38N4O3/c1-32-14-16-33(17-15-32)13-12-30-29(34)21-10-8-20(9-11-21)28-24-19-27(36-3)26(35-2)18-23(24)22-6-4-5-7-25(22)31-28/h8-11,18-19,22,25H,4-7,12-17H2,1-3H3,(H,30,34)/t22-,25-/m1/s1. The highest BCUT2D eigenvalue weighted by molar-refractivity contribution is 6.15. The Hall–Kier alpha value is -2.90. The molecule has 7 heteroatoms. The minimum atomic E-state index is -0.0274. The molecule has 1 saturated heterocycles. The predicted octanol–water partition coefficient (Wildman–Crippen LogP) is 3.56. The number of piperazine rings is 1. The highest BCUT2D eigenvalue weighted by atomic mass is 16.5. The van der Waals surface area contributed by atoms with Gasteiger partial charge < -0.3 is 19.7 Å². The average Bonchev–Trinajstić information content (AvgIpc) is 2.93. The molecule has 1 aliphatic carbocycles. The van der Waals surface area contributed by atoms with Crippen LogP contribution < -0.4 is 14.8 Å². The number of benzene rings is 2. The van der Waals surface area contributed by atoms with Gasteiger partial charge in [-0.25, -0.2) is 0 Å². The van der Waals surface area contributed by atoms with Crippen LogP contribution in [0.5, 0.6) is 11.5 Å². The van der Waals surface area contributed by atoms with E-state index in [9.17, 15) is 4.79 Å². The zero-order chi connectivity index (χ0) is 25.1. The Morgan fingerprint density at radius 1 is 1.00 bits per heavy atom. The van der Waals surface area contributed by atoms with Crippen molar-refractivity contribution in [2.24, 2.45) is 4.99 Å². The summed E-state index contributed by atoms with van der Waals surface area (Å²) < 4.78 is 11.2. The number of nitrogens with zero attached hydrogens (tertiary/aromatic N) is 3. The van der Waals surface area contributed by atoms with Gasteiger partial charge in [-0.1, -0.05) is 25.0 Å². The molecule has 2 fully saturated rings. The number of rotatable bonds is 7. The van der Waals surface area contributed by atoms with Gasteiger partial charge in [-0.3, -0.25) is 14.7 Å². The van der Waals surface area contributed by atoms with Crippen molar-refractivity contribution >= 4 is 11.6 Å². The molecule has 5 rings (SSSR count). The van der Waals surface area contributed by atoms with Crippen LogP contribution in [0, 0.1) is 0 Å². The number of ether oxygens (including phenoxy) is 2. The minimum Gasteiger partial charge on any atom is -0.493 e. The Bertz CT molecular complexity index is 1110. The van der Waals surface area contributed by atoms with Crippen LogP contribution >= 0.6 is 0 Å². The van der Waals surface area contributed by atoms with E-state index in [1.165, 1.54) is 18.4 Å². The number of likely N-dealkylation sites (N-methyl/N-ethyl adjacent to an activating group) is 1. The molecule has 7 nitrogen and oxygen atoms in total. The van der Waals surface area contributed by atoms with E-state index in [-0.39, 0.29) is 11.9 Å². The molecule has 3 aliphatic rings. The van der Waals surface area contributed by atoms with Crippen LogP contribution in [0.4, 0.5) is 0 Å². The highest BCUT2D eigenvalue weighted by Crippen LogP contribution is 2.44. The molecule has 1 saturated carbocycles. The fraction of sp³-hybridized carbons (Fsp3) is 0.517. The third-order valence-electron chi connectivity index (χ3n) is 7.96. The molecule has 0 aromatic heterocycles. The van der Waals surface area contributed by atoms with E-state index in [2.05, 4.69) is 34.3 Å². The summed E-state index contributed by atoms with van der Waals surface area (Å²) in [6.07, 6.45) is 4.71. The minimum absolute atomic E-state index is 0.0274. The maximum absolute atomic E-state index is 12.8. The lowest BCUT2D eigenvalue weighted by Gasteiger charge is -2.35. The van der Waals surface area contributed by atoms with Gasteiger partial charge in [0, 0.05) is 61.9 Å². The van der Waals surface area contributed by atoms with Gasteiger partial charge >= 0.3 is 0 Å². The summed E-state index contributed by atoms with van der Waals surface area (Å²) in [6, 6.07) is 12.4. The molecule has 1 amide bonds. The second-order valence-corrected chi connectivity index (χ2v) is 10.2. The SMILES string of the molecule is COc1cc2c(cc1OC)[C@H]1CCCC[C@H]1N=C2c1ccc(C(=O)NCCN2CCN(C)CC2)cc1. The Morgan fingerprint density at radius 3 is 2.42 bits per heavy atom. The lowest BCUT2D eigenvalue weighted by atomic mass is 9.75. The molecular weight excluding hydrogens is 452 g/mol. The molecular formula is C29H38N4O3. The number of amides is 1. The Kier molecular flexibility index (Phi) is 7.58. The largest absolute Gasteiger partial charge is 0.493 e. The lowest BCUT2D eigenvalue weighted by Crippen LogP contribution is -2.46. The molecule has 0 radical (unpaired) electrons. The second kappa shape index (κ2) is 11.0. The molecule has 0 unspecified atom stereocenters. The summed E-state index contributed by atoms with van der Waals surface area (Å²) in [7, 11) is 5.51. The molecule has 2 heterocycles. The van der Waals surface area contributed by atoms with E-state index in [1.807, 2.05) is 24.3 Å². The number of nitrogens with one attached hydrogen (secondary N) is 1. The molecule has 2 aromatic carbocycles. The van der Waals surface area contributed by atoms with Crippen molar-refractivity contribution in [1.82, 2.24) is 15.1 Å². The third kappa shape index (κ3) is 5.13. The van der Waals surface area contributed by atoms with Crippen LogP contribution in [0.15, 0.2) is 41.4 Å². The Balaban J connectivity index is 1.32. The molecule has 36 heavy (non-hydrogen) atoms. The van der Waals surface area contributed by atoms with Crippen LogP contribution in [0.2, 0.25) is 0 Å². The summed E-state index contributed by atoms with van der Waals surface area (Å²) in [4.78, 5) is 22.8. The predicted molar refractivity (Wildman–Crippen MR) is 143 cm³/mol. The molecule has 1 N–H and O–H groups in total. The van der Waals surface area contributed by atoms with Crippen molar-refractivity contribution in [2.45, 2.75) is 37.6 Å². The molecule has 192 valence electrons. The number of carbonyl (C=O) groups excluding carboxylic acids is 1. The molecule has 2 aromatic rings. The van der Waals surface area contributed by atoms with Gasteiger partial charge in [0.25, 0.3) is 5.91 Å². The first-order valence-electron chi connectivity index (χ1n) is 13.2. The monoisotopic (exact) mass is 490 g/mol. The van der Waals surface area contributed by atoms with Gasteiger partial charge in [0.2, 0.25) is 0 Å². The number of hydrogen-bond acceptors (Lipinski definition) is 6. The van der Waals surface area contributed by atoms with Crippen molar-refractivity contribution in [3.05, 3.63) is 58.7 Å². The number of aliphatic imine (C=N–C) groups is 1. The quantitative estimate of drug-likeness (QED) is 0.643. The lowest BCUT2D eigenvalue weighted by molar-refractivity contribution is 0.0941. The van der Waals surface area contributed by atoms with Gasteiger partial charge in [0.1, 0.15) is 0 Å². The summed E-state index contributed by atoms with van der Waals surface area (Å²) in [5, 5.41) is 3.08. The van der Waals surface area contributed by atoms with Crippen LogP contribution in [-0.2, 0) is 0 Å². The smallest absolute Gasteiger partial charge is 0.251 e. The number of carbonyl (C=O) groups is 1. The molecule has 2 aliphatic heterocycles. The van der Waals surface area contributed by atoms with Crippen LogP contribution in [-0.4, -0.2) is 88.0 Å². The summed E-state index contributed by atoms with van der Waals surface area (Å²) in [5.74, 6) is 1.88. The number of methoxy groups -OCH3 is 2. The number of fused-ring (bicyclic) bond motifs is 3. The van der Waals surface area contributed by atoms with Crippen LogP contribution in [0.25, 0.3) is 0 Å². The normalized spacial score (nSPS) is 22.2. The van der Waals surface area contributed by atoms with Crippen molar-refractivity contribution in [2.75, 3.05) is 60.5 Å². The van der Waals surface area contributed by atoms with Gasteiger partial charge in [-0.05, 0) is 49.7 Å². The van der Waals surface area contributed by atoms with Gasteiger partial charge in [-0.15, -0.1) is 0 Å².